The van der Waals surface area contributed by atoms with E-state index >= 15 is 0 Å². The average Bonchev–Trinajstić information content (AvgIpc) is 2.94. The second-order valence-electron chi connectivity index (χ2n) is 5.29. The van der Waals surface area contributed by atoms with Gasteiger partial charge in [0.2, 0.25) is 5.91 Å². The Morgan fingerprint density at radius 2 is 2.10 bits per heavy atom. The standard InChI is InChI=1S/C14H16F2N2O.ClH/c15-14(16)7-12(17-8-14)13(19)18-11-6-5-9-3-1-2-4-10(9)11;/h1-4,11-12,17H,5-8H2,(H,18,19);1H. The van der Waals surface area contributed by atoms with Crippen LogP contribution < -0.4 is 10.6 Å². The molecule has 6 heteroatoms. The highest BCUT2D eigenvalue weighted by Gasteiger charge is 2.42. The van der Waals surface area contributed by atoms with Gasteiger partial charge in [-0.15, -0.1) is 12.4 Å². The summed E-state index contributed by atoms with van der Waals surface area (Å²) >= 11 is 0. The first-order valence-electron chi connectivity index (χ1n) is 6.54. The molecule has 0 spiro atoms. The van der Waals surface area contributed by atoms with Crippen LogP contribution in [0.15, 0.2) is 24.3 Å². The third-order valence-corrected chi connectivity index (χ3v) is 3.88. The fourth-order valence-electron chi connectivity index (χ4n) is 2.88. The molecule has 3 rings (SSSR count). The summed E-state index contributed by atoms with van der Waals surface area (Å²) < 4.78 is 26.1. The summed E-state index contributed by atoms with van der Waals surface area (Å²) in [5.41, 5.74) is 2.35. The normalized spacial score (nSPS) is 26.7. The highest BCUT2D eigenvalue weighted by Crippen LogP contribution is 2.31. The fourth-order valence-corrected chi connectivity index (χ4v) is 2.88. The van der Waals surface area contributed by atoms with E-state index in [4.69, 9.17) is 0 Å². The largest absolute Gasteiger partial charge is 0.348 e. The second kappa shape index (κ2) is 5.66. The number of benzene rings is 1. The first-order valence-corrected chi connectivity index (χ1v) is 6.54. The zero-order chi connectivity index (χ0) is 13.5. The molecular weight excluding hydrogens is 286 g/mol. The zero-order valence-electron chi connectivity index (χ0n) is 10.9. The number of amides is 1. The molecule has 0 bridgehead atoms. The van der Waals surface area contributed by atoms with Gasteiger partial charge in [-0.3, -0.25) is 10.1 Å². The van der Waals surface area contributed by atoms with E-state index in [1.165, 1.54) is 5.56 Å². The van der Waals surface area contributed by atoms with E-state index in [2.05, 4.69) is 10.6 Å². The molecule has 1 aliphatic carbocycles. The maximum Gasteiger partial charge on any atom is 0.262 e. The molecule has 0 saturated carbocycles. The number of halogens is 3. The molecule has 110 valence electrons. The van der Waals surface area contributed by atoms with Gasteiger partial charge in [0.15, 0.2) is 0 Å². The number of carbonyl (C=O) groups excluding carboxylic acids is 1. The summed E-state index contributed by atoms with van der Waals surface area (Å²) in [7, 11) is 0. The molecule has 20 heavy (non-hydrogen) atoms. The first kappa shape index (κ1) is 15.2. The van der Waals surface area contributed by atoms with Crippen LogP contribution in [0.4, 0.5) is 8.78 Å². The maximum absolute atomic E-state index is 13.1. The molecule has 2 N–H and O–H groups in total. The monoisotopic (exact) mass is 302 g/mol. The van der Waals surface area contributed by atoms with Gasteiger partial charge in [0.25, 0.3) is 5.92 Å². The molecule has 1 aromatic rings. The van der Waals surface area contributed by atoms with Gasteiger partial charge in [-0.05, 0) is 24.0 Å². The molecular formula is C14H17ClF2N2O. The topological polar surface area (TPSA) is 41.1 Å². The van der Waals surface area contributed by atoms with Crippen LogP contribution in [0.2, 0.25) is 0 Å². The smallest absolute Gasteiger partial charge is 0.262 e. The Labute approximate surface area is 122 Å². The van der Waals surface area contributed by atoms with Crippen molar-refractivity contribution in [3.8, 4) is 0 Å². The Bertz CT molecular complexity index is 510. The molecule has 1 aliphatic heterocycles. The number of hydrogen-bond acceptors (Lipinski definition) is 2. The van der Waals surface area contributed by atoms with Crippen molar-refractivity contribution in [1.82, 2.24) is 10.6 Å². The molecule has 1 fully saturated rings. The summed E-state index contributed by atoms with van der Waals surface area (Å²) in [6.07, 6.45) is 1.36. The van der Waals surface area contributed by atoms with E-state index in [9.17, 15) is 13.6 Å². The molecule has 2 unspecified atom stereocenters. The van der Waals surface area contributed by atoms with Crippen molar-refractivity contribution in [3.63, 3.8) is 0 Å². The molecule has 0 radical (unpaired) electrons. The third kappa shape index (κ3) is 2.94. The van der Waals surface area contributed by atoms with Crippen molar-refractivity contribution in [1.29, 1.82) is 0 Å². The third-order valence-electron chi connectivity index (χ3n) is 3.88. The van der Waals surface area contributed by atoms with Crippen molar-refractivity contribution in [2.75, 3.05) is 6.54 Å². The van der Waals surface area contributed by atoms with Gasteiger partial charge in [0.1, 0.15) is 0 Å². The summed E-state index contributed by atoms with van der Waals surface area (Å²) in [4.78, 5) is 12.0. The molecule has 2 atom stereocenters. The first-order chi connectivity index (χ1) is 9.05. The van der Waals surface area contributed by atoms with E-state index in [0.717, 1.165) is 18.4 Å². The van der Waals surface area contributed by atoms with Crippen LogP contribution in [-0.4, -0.2) is 24.4 Å². The van der Waals surface area contributed by atoms with Gasteiger partial charge in [0.05, 0.1) is 18.6 Å². The van der Waals surface area contributed by atoms with Gasteiger partial charge >= 0.3 is 0 Å². The van der Waals surface area contributed by atoms with E-state index < -0.39 is 24.9 Å². The Morgan fingerprint density at radius 1 is 1.35 bits per heavy atom. The summed E-state index contributed by atoms with van der Waals surface area (Å²) in [5.74, 6) is -3.09. The lowest BCUT2D eigenvalue weighted by Gasteiger charge is -2.17. The number of carbonyl (C=O) groups is 1. The minimum absolute atomic E-state index is 0. The minimum atomic E-state index is -2.77. The molecule has 2 aliphatic rings. The lowest BCUT2D eigenvalue weighted by atomic mass is 10.1. The molecule has 1 saturated heterocycles. The van der Waals surface area contributed by atoms with Crippen molar-refractivity contribution in [2.45, 2.75) is 37.3 Å². The number of alkyl halides is 2. The number of rotatable bonds is 2. The van der Waals surface area contributed by atoms with Gasteiger partial charge in [-0.25, -0.2) is 8.78 Å². The summed E-state index contributed by atoms with van der Waals surface area (Å²) in [6.45, 7) is -0.410. The summed E-state index contributed by atoms with van der Waals surface area (Å²) in [6, 6.07) is 7.13. The predicted molar refractivity (Wildman–Crippen MR) is 74.2 cm³/mol. The van der Waals surface area contributed by atoms with Crippen LogP contribution in [0.1, 0.15) is 30.0 Å². The lowest BCUT2D eigenvalue weighted by molar-refractivity contribution is -0.124. The summed E-state index contributed by atoms with van der Waals surface area (Å²) in [5, 5.41) is 5.46. The van der Waals surface area contributed by atoms with Crippen molar-refractivity contribution in [3.05, 3.63) is 35.4 Å². The average molecular weight is 303 g/mol. The van der Waals surface area contributed by atoms with E-state index in [1.807, 2.05) is 24.3 Å². The number of aryl methyl sites for hydroxylation is 1. The second-order valence-corrected chi connectivity index (χ2v) is 5.29. The number of fused-ring (bicyclic) bond motifs is 1. The van der Waals surface area contributed by atoms with E-state index in [0.29, 0.717) is 0 Å². The SMILES string of the molecule is Cl.O=C(NC1CCc2ccccc21)C1CC(F)(F)CN1. The number of nitrogens with one attached hydrogen (secondary N) is 2. The van der Waals surface area contributed by atoms with Crippen LogP contribution in [0.5, 0.6) is 0 Å². The quantitative estimate of drug-likeness (QED) is 0.879. The van der Waals surface area contributed by atoms with Gasteiger partial charge in [0, 0.05) is 6.42 Å². The van der Waals surface area contributed by atoms with Crippen LogP contribution in [0.25, 0.3) is 0 Å². The molecule has 1 heterocycles. The minimum Gasteiger partial charge on any atom is -0.348 e. The van der Waals surface area contributed by atoms with E-state index in [-0.39, 0.29) is 24.4 Å². The van der Waals surface area contributed by atoms with Crippen LogP contribution >= 0.6 is 12.4 Å². The van der Waals surface area contributed by atoms with Crippen LogP contribution in [0.3, 0.4) is 0 Å². The fraction of sp³-hybridized carbons (Fsp3) is 0.500. The Hall–Kier alpha value is -1.20. The highest BCUT2D eigenvalue weighted by atomic mass is 35.5. The molecule has 1 amide bonds. The van der Waals surface area contributed by atoms with Crippen molar-refractivity contribution >= 4 is 18.3 Å². The van der Waals surface area contributed by atoms with Crippen LogP contribution in [-0.2, 0) is 11.2 Å². The van der Waals surface area contributed by atoms with Gasteiger partial charge < -0.3 is 5.32 Å². The van der Waals surface area contributed by atoms with E-state index in [1.54, 1.807) is 0 Å². The Balaban J connectivity index is 0.00000147. The molecule has 3 nitrogen and oxygen atoms in total. The maximum atomic E-state index is 13.1. The lowest BCUT2D eigenvalue weighted by Crippen LogP contribution is -2.41. The highest BCUT2D eigenvalue weighted by molar-refractivity contribution is 5.85. The molecule has 1 aromatic carbocycles. The zero-order valence-corrected chi connectivity index (χ0v) is 11.7. The van der Waals surface area contributed by atoms with Crippen LogP contribution in [0, 0.1) is 0 Å². The number of hydrogen-bond donors (Lipinski definition) is 2. The Morgan fingerprint density at radius 3 is 2.80 bits per heavy atom. The predicted octanol–water partition coefficient (Wildman–Crippen LogP) is 2.21. The van der Waals surface area contributed by atoms with Crippen molar-refractivity contribution < 1.29 is 13.6 Å². The molecule has 0 aromatic heterocycles. The Kier molecular flexibility index (Phi) is 4.30. The van der Waals surface area contributed by atoms with Gasteiger partial charge in [-0.1, -0.05) is 24.3 Å². The van der Waals surface area contributed by atoms with Gasteiger partial charge in [-0.2, -0.15) is 0 Å². The van der Waals surface area contributed by atoms with Crippen molar-refractivity contribution in [2.24, 2.45) is 0 Å².